The molecule has 1 aromatic rings. The summed E-state index contributed by atoms with van der Waals surface area (Å²) >= 11 is 0. The van der Waals surface area contributed by atoms with Gasteiger partial charge in [0, 0.05) is 44.2 Å². The molecular weight excluding hydrogens is 332 g/mol. The van der Waals surface area contributed by atoms with Gasteiger partial charge in [0.1, 0.15) is 5.56 Å². The fourth-order valence-corrected chi connectivity index (χ4v) is 4.26. The Bertz CT molecular complexity index is 742. The molecule has 2 saturated heterocycles. The monoisotopic (exact) mass is 360 g/mol. The topological polar surface area (TPSA) is 86.4 Å². The highest BCUT2D eigenvalue weighted by Gasteiger charge is 2.44. The molecule has 3 heterocycles. The second-order valence-electron chi connectivity index (χ2n) is 7.84. The molecule has 1 aromatic heterocycles. The number of hydrogen-bond acceptors (Lipinski definition) is 4. The summed E-state index contributed by atoms with van der Waals surface area (Å²) in [6.07, 6.45) is 8.44. The lowest BCUT2D eigenvalue weighted by molar-refractivity contribution is -0.139. The zero-order chi connectivity index (χ0) is 17.4. The highest BCUT2D eigenvalue weighted by atomic mass is 16.2. The average Bonchev–Trinajstić information content (AvgIpc) is 3.42. The van der Waals surface area contributed by atoms with Gasteiger partial charge in [-0.25, -0.2) is 4.98 Å². The second-order valence-corrected chi connectivity index (χ2v) is 7.84. The van der Waals surface area contributed by atoms with Gasteiger partial charge < -0.3 is 14.8 Å². The summed E-state index contributed by atoms with van der Waals surface area (Å²) in [5.41, 5.74) is -0.318. The van der Waals surface area contributed by atoms with Crippen molar-refractivity contribution in [2.24, 2.45) is 11.3 Å². The predicted molar refractivity (Wildman–Crippen MR) is 97.7 cm³/mol. The molecule has 1 unspecified atom stereocenters. The fourth-order valence-electron chi connectivity index (χ4n) is 4.26. The summed E-state index contributed by atoms with van der Waals surface area (Å²) in [7, 11) is 0. The Morgan fingerprint density at radius 2 is 2.08 bits per heavy atom. The van der Waals surface area contributed by atoms with Crippen LogP contribution in [0.2, 0.25) is 0 Å². The van der Waals surface area contributed by atoms with Gasteiger partial charge in [-0.1, -0.05) is 7.43 Å². The van der Waals surface area contributed by atoms with E-state index in [1.807, 2.05) is 4.90 Å². The lowest BCUT2D eigenvalue weighted by atomic mass is 9.73. The van der Waals surface area contributed by atoms with Crippen molar-refractivity contribution >= 4 is 11.8 Å². The molecule has 7 nitrogen and oxygen atoms in total. The number of piperidine rings is 2. The van der Waals surface area contributed by atoms with E-state index in [4.69, 9.17) is 0 Å². The molecule has 3 fully saturated rings. The zero-order valence-corrected chi connectivity index (χ0v) is 14.4. The van der Waals surface area contributed by atoms with E-state index >= 15 is 0 Å². The van der Waals surface area contributed by atoms with Gasteiger partial charge >= 0.3 is 0 Å². The van der Waals surface area contributed by atoms with E-state index < -0.39 is 5.56 Å². The molecule has 142 valence electrons. The highest BCUT2D eigenvalue weighted by Crippen LogP contribution is 2.40. The third-order valence-electron chi connectivity index (χ3n) is 5.82. The smallest absolute Gasteiger partial charge is 0.263 e. The van der Waals surface area contributed by atoms with Gasteiger partial charge in [-0.15, -0.1) is 0 Å². The quantitative estimate of drug-likeness (QED) is 0.888. The number of H-pyrrole nitrogens is 1. The number of aromatic amines is 1. The maximum Gasteiger partial charge on any atom is 0.263 e. The Morgan fingerprint density at radius 1 is 1.27 bits per heavy atom. The molecule has 26 heavy (non-hydrogen) atoms. The Hall–Kier alpha value is -2.18. The largest absolute Gasteiger partial charge is 0.342 e. The molecule has 2 aliphatic heterocycles. The van der Waals surface area contributed by atoms with Crippen LogP contribution < -0.4 is 5.56 Å². The van der Waals surface area contributed by atoms with E-state index in [2.05, 4.69) is 9.97 Å². The van der Waals surface area contributed by atoms with Gasteiger partial charge in [-0.2, -0.15) is 0 Å². The van der Waals surface area contributed by atoms with Crippen molar-refractivity contribution in [2.75, 3.05) is 26.2 Å². The van der Waals surface area contributed by atoms with Crippen LogP contribution in [0.3, 0.4) is 0 Å². The Labute approximate surface area is 153 Å². The van der Waals surface area contributed by atoms with Gasteiger partial charge in [0.15, 0.2) is 0 Å². The van der Waals surface area contributed by atoms with Crippen molar-refractivity contribution in [1.82, 2.24) is 19.8 Å². The van der Waals surface area contributed by atoms with Crippen LogP contribution >= 0.6 is 0 Å². The summed E-state index contributed by atoms with van der Waals surface area (Å²) in [4.78, 5) is 47.1. The standard InChI is InChI=1S/C18H24N4O3.CH4/c23-15-4-6-18(11-22(15)9-13-2-3-13)5-1-7-21(10-18)17(25)14-8-19-12-20-16(14)24;/h8,12-13H,1-7,9-11H2,(H,19,20,24);1H4. The van der Waals surface area contributed by atoms with Crippen molar-refractivity contribution in [2.45, 2.75) is 46.0 Å². The number of nitrogens with zero attached hydrogens (tertiary/aromatic N) is 3. The maximum absolute atomic E-state index is 12.8. The minimum atomic E-state index is -0.395. The zero-order valence-electron chi connectivity index (χ0n) is 14.4. The van der Waals surface area contributed by atoms with Crippen LogP contribution in [0, 0.1) is 11.3 Å². The van der Waals surface area contributed by atoms with Crippen molar-refractivity contribution in [3.05, 3.63) is 28.4 Å². The number of carbonyl (C=O) groups excluding carboxylic acids is 2. The van der Waals surface area contributed by atoms with Gasteiger partial charge in [-0.3, -0.25) is 14.4 Å². The van der Waals surface area contributed by atoms with Gasteiger partial charge in [0.25, 0.3) is 11.5 Å². The van der Waals surface area contributed by atoms with Crippen LogP contribution in [0.25, 0.3) is 0 Å². The van der Waals surface area contributed by atoms with Crippen LogP contribution in [0.1, 0.15) is 56.3 Å². The number of nitrogens with one attached hydrogen (secondary N) is 1. The molecule has 1 spiro atoms. The first-order valence-electron chi connectivity index (χ1n) is 9.16. The van der Waals surface area contributed by atoms with E-state index in [-0.39, 0.29) is 30.2 Å². The minimum absolute atomic E-state index is 0. The minimum Gasteiger partial charge on any atom is -0.342 e. The van der Waals surface area contributed by atoms with Crippen molar-refractivity contribution in [1.29, 1.82) is 0 Å². The van der Waals surface area contributed by atoms with E-state index in [1.165, 1.54) is 25.4 Å². The molecular formula is C19H28N4O3. The van der Waals surface area contributed by atoms with Gasteiger partial charge in [0.2, 0.25) is 5.91 Å². The molecule has 4 rings (SSSR count). The second kappa shape index (κ2) is 7.21. The first kappa shape index (κ1) is 18.6. The summed E-state index contributed by atoms with van der Waals surface area (Å²) in [6.45, 7) is 2.90. The Morgan fingerprint density at radius 3 is 2.81 bits per heavy atom. The van der Waals surface area contributed by atoms with E-state index in [1.54, 1.807) is 4.90 Å². The van der Waals surface area contributed by atoms with E-state index in [0.717, 1.165) is 32.4 Å². The van der Waals surface area contributed by atoms with Gasteiger partial charge in [0.05, 0.1) is 6.33 Å². The molecule has 7 heteroatoms. The Balaban J connectivity index is 0.00000196. The van der Waals surface area contributed by atoms with Crippen LogP contribution in [0.5, 0.6) is 0 Å². The van der Waals surface area contributed by atoms with E-state index in [0.29, 0.717) is 25.4 Å². The molecule has 0 aromatic carbocycles. The number of rotatable bonds is 3. The van der Waals surface area contributed by atoms with Crippen LogP contribution in [0.4, 0.5) is 0 Å². The van der Waals surface area contributed by atoms with Crippen LogP contribution in [-0.4, -0.2) is 57.8 Å². The highest BCUT2D eigenvalue weighted by molar-refractivity contribution is 5.93. The number of carbonyl (C=O) groups is 2. The predicted octanol–water partition coefficient (Wildman–Crippen LogP) is 1.66. The summed E-state index contributed by atoms with van der Waals surface area (Å²) in [5, 5.41) is 0. The van der Waals surface area contributed by atoms with Crippen molar-refractivity contribution in [3.8, 4) is 0 Å². The maximum atomic E-state index is 12.8. The summed E-state index contributed by atoms with van der Waals surface area (Å²) in [5.74, 6) is 0.679. The number of likely N-dealkylation sites (tertiary alicyclic amines) is 2. The van der Waals surface area contributed by atoms with Gasteiger partial charge in [-0.05, 0) is 38.0 Å². The lowest BCUT2D eigenvalue weighted by Crippen LogP contribution is -2.55. The molecule has 0 radical (unpaired) electrons. The summed E-state index contributed by atoms with van der Waals surface area (Å²) in [6, 6.07) is 0. The SMILES string of the molecule is C.O=C1CCC2(CCCN(C(=O)c3cnc[nH]c3=O)C2)CN1CC1CC1. The molecule has 0 bridgehead atoms. The Kier molecular flexibility index (Phi) is 5.16. The van der Waals surface area contributed by atoms with Crippen molar-refractivity contribution < 1.29 is 9.59 Å². The van der Waals surface area contributed by atoms with E-state index in [9.17, 15) is 14.4 Å². The van der Waals surface area contributed by atoms with Crippen molar-refractivity contribution in [3.63, 3.8) is 0 Å². The lowest BCUT2D eigenvalue weighted by Gasteiger charge is -2.48. The third kappa shape index (κ3) is 3.66. The number of aromatic nitrogens is 2. The molecule has 2 amide bonds. The average molecular weight is 360 g/mol. The summed E-state index contributed by atoms with van der Waals surface area (Å²) < 4.78 is 0. The molecule has 1 aliphatic carbocycles. The normalized spacial score (nSPS) is 25.9. The van der Waals surface area contributed by atoms with Crippen LogP contribution in [-0.2, 0) is 4.79 Å². The first-order valence-corrected chi connectivity index (χ1v) is 9.16. The molecule has 3 aliphatic rings. The number of hydrogen-bond donors (Lipinski definition) is 1. The molecule has 1 N–H and O–H groups in total. The first-order chi connectivity index (χ1) is 12.1. The number of amides is 2. The van der Waals surface area contributed by atoms with Crippen LogP contribution in [0.15, 0.2) is 17.3 Å². The molecule has 1 saturated carbocycles. The molecule has 1 atom stereocenters. The fraction of sp³-hybridized carbons (Fsp3) is 0.684. The third-order valence-corrected chi connectivity index (χ3v) is 5.82.